The van der Waals surface area contributed by atoms with Crippen molar-refractivity contribution in [2.24, 2.45) is 0 Å². The first kappa shape index (κ1) is 8.79. The summed E-state index contributed by atoms with van der Waals surface area (Å²) < 4.78 is 37.6. The van der Waals surface area contributed by atoms with E-state index in [0.717, 1.165) is 17.1 Å². The highest BCUT2D eigenvalue weighted by Gasteiger charge is 2.32. The molecule has 2 rings (SSSR count). The summed E-state index contributed by atoms with van der Waals surface area (Å²) in [7, 11) is 0. The zero-order valence-electron chi connectivity index (χ0n) is 6.78. The highest BCUT2D eigenvalue weighted by molar-refractivity contribution is 5.25. The smallest absolute Gasteiger partial charge is 0.283 e. The van der Waals surface area contributed by atoms with Gasteiger partial charge in [0.15, 0.2) is 0 Å². The van der Waals surface area contributed by atoms with Crippen LogP contribution in [0.5, 0.6) is 0 Å². The number of aromatic nitrogens is 4. The third-order valence-electron chi connectivity index (χ3n) is 1.66. The molecule has 0 unspecified atom stereocenters. The van der Waals surface area contributed by atoms with E-state index in [1.54, 1.807) is 0 Å². The lowest BCUT2D eigenvalue weighted by Gasteiger charge is -2.00. The minimum Gasteiger partial charge on any atom is -0.283 e. The molecule has 0 radical (unpaired) electrons. The van der Waals surface area contributed by atoms with E-state index in [-0.39, 0.29) is 0 Å². The van der Waals surface area contributed by atoms with Gasteiger partial charge in [-0.15, -0.1) is 0 Å². The van der Waals surface area contributed by atoms with Crippen LogP contribution in [0.3, 0.4) is 0 Å². The van der Waals surface area contributed by atoms with E-state index in [0.29, 0.717) is 5.69 Å². The molecular formula is C7H5F3N4. The Bertz CT molecular complexity index is 414. The standard InChI is InChI=1S/C7H5F3N4/c8-7(9,10)5-1-13-14(4-5)6-2-11-12-3-6/h1-4H,(H,11,12). The average molecular weight is 202 g/mol. The Hall–Kier alpha value is -1.79. The summed E-state index contributed by atoms with van der Waals surface area (Å²) in [6, 6.07) is 0. The van der Waals surface area contributed by atoms with Crippen molar-refractivity contribution in [3.63, 3.8) is 0 Å². The molecule has 0 amide bonds. The monoisotopic (exact) mass is 202 g/mol. The molecule has 0 spiro atoms. The highest BCUT2D eigenvalue weighted by Crippen LogP contribution is 2.28. The zero-order chi connectivity index (χ0) is 10.2. The van der Waals surface area contributed by atoms with Gasteiger partial charge in [-0.05, 0) is 0 Å². The summed E-state index contributed by atoms with van der Waals surface area (Å²) in [6.07, 6.45) is 0.153. The minimum absolute atomic E-state index is 0.459. The quantitative estimate of drug-likeness (QED) is 0.763. The summed E-state index contributed by atoms with van der Waals surface area (Å²) in [5, 5.41) is 9.65. The number of alkyl halides is 3. The van der Waals surface area contributed by atoms with Gasteiger partial charge in [0.25, 0.3) is 0 Å². The fraction of sp³-hybridized carbons (Fsp3) is 0.143. The van der Waals surface area contributed by atoms with Crippen molar-refractivity contribution in [1.82, 2.24) is 20.0 Å². The summed E-state index contributed by atoms with van der Waals surface area (Å²) in [5.41, 5.74) is -0.320. The second-order valence-electron chi connectivity index (χ2n) is 2.63. The number of H-pyrrole nitrogens is 1. The van der Waals surface area contributed by atoms with Crippen LogP contribution >= 0.6 is 0 Å². The molecule has 7 heteroatoms. The topological polar surface area (TPSA) is 46.5 Å². The SMILES string of the molecule is FC(F)(F)c1cnn(-c2cn[nH]c2)c1. The Labute approximate surface area is 76.4 Å². The van der Waals surface area contributed by atoms with Gasteiger partial charge in [-0.3, -0.25) is 5.10 Å². The van der Waals surface area contributed by atoms with Gasteiger partial charge >= 0.3 is 6.18 Å². The molecule has 0 aromatic carbocycles. The molecule has 4 nitrogen and oxygen atoms in total. The number of aromatic amines is 1. The molecule has 0 saturated carbocycles. The fourth-order valence-corrected chi connectivity index (χ4v) is 0.980. The molecule has 1 N–H and O–H groups in total. The second-order valence-corrected chi connectivity index (χ2v) is 2.63. The van der Waals surface area contributed by atoms with Crippen molar-refractivity contribution in [2.45, 2.75) is 6.18 Å². The first-order valence-corrected chi connectivity index (χ1v) is 3.68. The van der Waals surface area contributed by atoms with Gasteiger partial charge in [0.1, 0.15) is 5.69 Å². The van der Waals surface area contributed by atoms with Gasteiger partial charge in [-0.25, -0.2) is 4.68 Å². The van der Waals surface area contributed by atoms with E-state index in [1.165, 1.54) is 12.4 Å². The molecule has 0 fully saturated rings. The highest BCUT2D eigenvalue weighted by atomic mass is 19.4. The van der Waals surface area contributed by atoms with Crippen LogP contribution in [0.15, 0.2) is 24.8 Å². The molecule has 0 saturated heterocycles. The van der Waals surface area contributed by atoms with Crippen molar-refractivity contribution in [1.29, 1.82) is 0 Å². The van der Waals surface area contributed by atoms with Crippen molar-refractivity contribution < 1.29 is 13.2 Å². The van der Waals surface area contributed by atoms with Gasteiger partial charge in [-0.2, -0.15) is 23.4 Å². The van der Waals surface area contributed by atoms with Crippen LogP contribution in [0, 0.1) is 0 Å². The fourth-order valence-electron chi connectivity index (χ4n) is 0.980. The predicted octanol–water partition coefficient (Wildman–Crippen LogP) is 1.61. The molecule has 74 valence electrons. The van der Waals surface area contributed by atoms with E-state index in [1.807, 2.05) is 0 Å². The Kier molecular flexibility index (Phi) is 1.80. The number of halogens is 3. The lowest BCUT2D eigenvalue weighted by Crippen LogP contribution is -2.02. The van der Waals surface area contributed by atoms with Crippen molar-refractivity contribution >= 4 is 0 Å². The van der Waals surface area contributed by atoms with E-state index in [9.17, 15) is 13.2 Å². The number of nitrogens with one attached hydrogen (secondary N) is 1. The Morgan fingerprint density at radius 2 is 2.07 bits per heavy atom. The third kappa shape index (κ3) is 1.48. The van der Waals surface area contributed by atoms with E-state index in [2.05, 4.69) is 15.3 Å². The van der Waals surface area contributed by atoms with Gasteiger partial charge in [0, 0.05) is 12.4 Å². The Morgan fingerprint density at radius 1 is 1.29 bits per heavy atom. The maximum absolute atomic E-state index is 12.2. The number of rotatable bonds is 1. The van der Waals surface area contributed by atoms with Crippen LogP contribution in [-0.4, -0.2) is 20.0 Å². The zero-order valence-corrected chi connectivity index (χ0v) is 6.78. The van der Waals surface area contributed by atoms with E-state index >= 15 is 0 Å². The van der Waals surface area contributed by atoms with Crippen LogP contribution in [0.2, 0.25) is 0 Å². The van der Waals surface area contributed by atoms with E-state index in [4.69, 9.17) is 0 Å². The van der Waals surface area contributed by atoms with Crippen molar-refractivity contribution in [3.8, 4) is 5.69 Å². The number of hydrogen-bond donors (Lipinski definition) is 1. The molecule has 0 aliphatic carbocycles. The number of nitrogens with zero attached hydrogens (tertiary/aromatic N) is 3. The first-order valence-electron chi connectivity index (χ1n) is 3.68. The molecule has 2 heterocycles. The number of hydrogen-bond acceptors (Lipinski definition) is 2. The maximum atomic E-state index is 12.2. The summed E-state index contributed by atoms with van der Waals surface area (Å²) >= 11 is 0. The first-order chi connectivity index (χ1) is 6.57. The average Bonchev–Trinajstić information content (AvgIpc) is 2.73. The van der Waals surface area contributed by atoms with Gasteiger partial charge < -0.3 is 0 Å². The Morgan fingerprint density at radius 3 is 2.57 bits per heavy atom. The molecule has 0 atom stereocenters. The van der Waals surface area contributed by atoms with Crippen molar-refractivity contribution in [2.75, 3.05) is 0 Å². The normalized spacial score (nSPS) is 11.9. The summed E-state index contributed by atoms with van der Waals surface area (Å²) in [5.74, 6) is 0. The summed E-state index contributed by atoms with van der Waals surface area (Å²) in [6.45, 7) is 0. The Balaban J connectivity index is 2.36. The van der Waals surface area contributed by atoms with Gasteiger partial charge in [-0.1, -0.05) is 0 Å². The van der Waals surface area contributed by atoms with E-state index < -0.39 is 11.7 Å². The van der Waals surface area contributed by atoms with Crippen molar-refractivity contribution in [3.05, 3.63) is 30.4 Å². The molecular weight excluding hydrogens is 197 g/mol. The summed E-state index contributed by atoms with van der Waals surface area (Å²) in [4.78, 5) is 0. The largest absolute Gasteiger partial charge is 0.419 e. The molecule has 0 aliphatic heterocycles. The molecule has 0 bridgehead atoms. The molecule has 2 aromatic heterocycles. The second kappa shape index (κ2) is 2.86. The maximum Gasteiger partial charge on any atom is 0.419 e. The van der Waals surface area contributed by atoms with Gasteiger partial charge in [0.2, 0.25) is 0 Å². The van der Waals surface area contributed by atoms with Crippen LogP contribution in [-0.2, 0) is 6.18 Å². The molecule has 2 aromatic rings. The molecule has 14 heavy (non-hydrogen) atoms. The van der Waals surface area contributed by atoms with Crippen LogP contribution in [0.1, 0.15) is 5.56 Å². The predicted molar refractivity (Wildman–Crippen MR) is 40.7 cm³/mol. The lowest BCUT2D eigenvalue weighted by molar-refractivity contribution is -0.137. The van der Waals surface area contributed by atoms with Gasteiger partial charge in [0.05, 0.1) is 18.0 Å². The van der Waals surface area contributed by atoms with Crippen LogP contribution < -0.4 is 0 Å². The third-order valence-corrected chi connectivity index (χ3v) is 1.66. The van der Waals surface area contributed by atoms with Crippen LogP contribution in [0.25, 0.3) is 5.69 Å². The lowest BCUT2D eigenvalue weighted by atomic mass is 10.3. The molecule has 0 aliphatic rings. The van der Waals surface area contributed by atoms with Crippen LogP contribution in [0.4, 0.5) is 13.2 Å². The minimum atomic E-state index is -4.36.